The van der Waals surface area contributed by atoms with E-state index in [2.05, 4.69) is 19.2 Å². The van der Waals surface area contributed by atoms with Crippen LogP contribution >= 0.6 is 0 Å². The number of methoxy groups -OCH3 is 1. The minimum Gasteiger partial charge on any atom is -0.466 e. The van der Waals surface area contributed by atoms with E-state index < -0.39 is 0 Å². The molecule has 0 spiro atoms. The van der Waals surface area contributed by atoms with Gasteiger partial charge in [-0.3, -0.25) is 4.79 Å². The molecule has 2 unspecified atom stereocenters. The molecule has 4 heteroatoms. The minimum absolute atomic E-state index is 0.0161. The summed E-state index contributed by atoms with van der Waals surface area (Å²) in [6, 6.07) is 0.444. The summed E-state index contributed by atoms with van der Waals surface area (Å²) in [6.07, 6.45) is 5.21. The lowest BCUT2D eigenvalue weighted by Gasteiger charge is -2.32. The highest BCUT2D eigenvalue weighted by atomic mass is 16.5. The van der Waals surface area contributed by atoms with Crippen LogP contribution in [-0.4, -0.2) is 38.9 Å². The lowest BCUT2D eigenvalue weighted by atomic mass is 9.84. The Morgan fingerprint density at radius 1 is 1.35 bits per heavy atom. The summed E-state index contributed by atoms with van der Waals surface area (Å²) in [6.45, 7) is 8.63. The third-order valence-corrected chi connectivity index (χ3v) is 4.15. The molecule has 0 aromatic carbocycles. The molecular formula is C16H31NO3. The molecule has 1 rings (SSSR count). The molecular weight excluding hydrogens is 254 g/mol. The van der Waals surface area contributed by atoms with Crippen LogP contribution in [0.25, 0.3) is 0 Å². The molecule has 1 saturated carbocycles. The molecule has 4 nitrogen and oxygen atoms in total. The van der Waals surface area contributed by atoms with E-state index in [1.807, 2.05) is 6.92 Å². The number of nitrogens with one attached hydrogen (secondary N) is 1. The molecule has 0 heterocycles. The molecule has 1 aliphatic rings. The number of carbonyl (C=O) groups is 1. The zero-order valence-corrected chi connectivity index (χ0v) is 13.5. The third-order valence-electron chi connectivity index (χ3n) is 4.15. The number of ether oxygens (including phenoxy) is 2. The zero-order chi connectivity index (χ0) is 15.0. The summed E-state index contributed by atoms with van der Waals surface area (Å²) >= 11 is 0. The highest BCUT2D eigenvalue weighted by Crippen LogP contribution is 2.27. The van der Waals surface area contributed by atoms with Gasteiger partial charge in [0.25, 0.3) is 0 Å². The Morgan fingerprint density at radius 2 is 2.10 bits per heavy atom. The van der Waals surface area contributed by atoms with E-state index in [0.29, 0.717) is 12.6 Å². The molecule has 0 aromatic heterocycles. The van der Waals surface area contributed by atoms with Crippen molar-refractivity contribution in [2.75, 3.05) is 26.9 Å². The molecule has 0 aliphatic heterocycles. The predicted molar refractivity (Wildman–Crippen MR) is 80.7 cm³/mol. The molecule has 0 amide bonds. The fourth-order valence-electron chi connectivity index (χ4n) is 2.74. The topological polar surface area (TPSA) is 47.6 Å². The Balaban J connectivity index is 2.34. The van der Waals surface area contributed by atoms with Crippen molar-refractivity contribution in [2.24, 2.45) is 11.3 Å². The number of esters is 1. The number of carbonyl (C=O) groups excluding carboxylic acids is 1. The van der Waals surface area contributed by atoms with E-state index in [9.17, 15) is 4.79 Å². The average Bonchev–Trinajstić information content (AvgIpc) is 2.44. The lowest BCUT2D eigenvalue weighted by molar-refractivity contribution is -0.149. The molecule has 0 bridgehead atoms. The van der Waals surface area contributed by atoms with Gasteiger partial charge in [-0.2, -0.15) is 0 Å². The molecule has 118 valence electrons. The summed E-state index contributed by atoms with van der Waals surface area (Å²) in [5, 5.41) is 3.63. The largest absolute Gasteiger partial charge is 0.466 e. The Morgan fingerprint density at radius 3 is 2.75 bits per heavy atom. The van der Waals surface area contributed by atoms with Gasteiger partial charge in [0.1, 0.15) is 0 Å². The fourth-order valence-corrected chi connectivity index (χ4v) is 2.74. The maximum atomic E-state index is 11.8. The number of rotatable bonds is 8. The highest BCUT2D eigenvalue weighted by molar-refractivity contribution is 5.72. The normalized spacial score (nSPS) is 23.6. The first kappa shape index (κ1) is 17.4. The van der Waals surface area contributed by atoms with Gasteiger partial charge in [0.2, 0.25) is 0 Å². The van der Waals surface area contributed by atoms with Crippen molar-refractivity contribution in [2.45, 2.75) is 58.9 Å². The van der Waals surface area contributed by atoms with Crippen molar-refractivity contribution < 1.29 is 14.3 Å². The van der Waals surface area contributed by atoms with E-state index in [1.54, 1.807) is 7.11 Å². The van der Waals surface area contributed by atoms with Gasteiger partial charge in [0.15, 0.2) is 0 Å². The van der Waals surface area contributed by atoms with Gasteiger partial charge >= 0.3 is 5.97 Å². The van der Waals surface area contributed by atoms with Crippen LogP contribution in [0, 0.1) is 11.3 Å². The standard InChI is InChI=1S/C16H31NO3/c1-5-20-15(18)13-7-6-8-14(11-13)17-12-16(2,3)9-10-19-4/h13-14,17H,5-12H2,1-4H3. The molecule has 20 heavy (non-hydrogen) atoms. The first-order chi connectivity index (χ1) is 9.48. The van der Waals surface area contributed by atoms with Crippen LogP contribution < -0.4 is 5.32 Å². The van der Waals surface area contributed by atoms with Crippen molar-refractivity contribution in [3.05, 3.63) is 0 Å². The monoisotopic (exact) mass is 285 g/mol. The van der Waals surface area contributed by atoms with Crippen molar-refractivity contribution in [3.8, 4) is 0 Å². The fraction of sp³-hybridized carbons (Fsp3) is 0.938. The van der Waals surface area contributed by atoms with Crippen molar-refractivity contribution in [1.82, 2.24) is 5.32 Å². The summed E-state index contributed by atoms with van der Waals surface area (Å²) in [7, 11) is 1.74. The van der Waals surface area contributed by atoms with Gasteiger partial charge in [-0.25, -0.2) is 0 Å². The molecule has 1 fully saturated rings. The van der Waals surface area contributed by atoms with E-state index in [1.165, 1.54) is 0 Å². The van der Waals surface area contributed by atoms with Crippen LogP contribution in [-0.2, 0) is 14.3 Å². The quantitative estimate of drug-likeness (QED) is 0.697. The Bertz CT molecular complexity index is 291. The van der Waals surface area contributed by atoms with Gasteiger partial charge in [-0.1, -0.05) is 20.3 Å². The Hall–Kier alpha value is -0.610. The van der Waals surface area contributed by atoms with E-state index in [0.717, 1.165) is 45.3 Å². The molecule has 0 saturated heterocycles. The summed E-state index contributed by atoms with van der Waals surface area (Å²) in [4.78, 5) is 11.8. The van der Waals surface area contributed by atoms with Crippen LogP contribution in [0.15, 0.2) is 0 Å². The molecule has 1 aliphatic carbocycles. The van der Waals surface area contributed by atoms with Gasteiger partial charge in [-0.05, 0) is 38.0 Å². The summed E-state index contributed by atoms with van der Waals surface area (Å²) in [5.74, 6) is 0.0703. The second-order valence-electron chi connectivity index (χ2n) is 6.60. The number of hydrogen-bond donors (Lipinski definition) is 1. The lowest BCUT2D eigenvalue weighted by Crippen LogP contribution is -2.41. The van der Waals surface area contributed by atoms with Crippen LogP contribution in [0.4, 0.5) is 0 Å². The highest BCUT2D eigenvalue weighted by Gasteiger charge is 2.29. The Labute approximate surface area is 123 Å². The SMILES string of the molecule is CCOC(=O)C1CCCC(NCC(C)(C)CCOC)C1. The van der Waals surface area contributed by atoms with Crippen LogP contribution in [0.3, 0.4) is 0 Å². The minimum atomic E-state index is -0.0161. The molecule has 0 radical (unpaired) electrons. The van der Waals surface area contributed by atoms with E-state index in [4.69, 9.17) is 9.47 Å². The first-order valence-corrected chi connectivity index (χ1v) is 7.87. The van der Waals surface area contributed by atoms with Crippen LogP contribution in [0.2, 0.25) is 0 Å². The average molecular weight is 285 g/mol. The van der Waals surface area contributed by atoms with Crippen LogP contribution in [0.5, 0.6) is 0 Å². The van der Waals surface area contributed by atoms with Gasteiger partial charge in [-0.15, -0.1) is 0 Å². The van der Waals surface area contributed by atoms with Crippen LogP contribution in [0.1, 0.15) is 52.9 Å². The van der Waals surface area contributed by atoms with E-state index in [-0.39, 0.29) is 17.3 Å². The number of hydrogen-bond acceptors (Lipinski definition) is 4. The molecule has 0 aromatic rings. The Kier molecular flexibility index (Phi) is 7.52. The van der Waals surface area contributed by atoms with Gasteiger partial charge < -0.3 is 14.8 Å². The second kappa shape index (κ2) is 8.63. The second-order valence-corrected chi connectivity index (χ2v) is 6.60. The van der Waals surface area contributed by atoms with Gasteiger partial charge in [0.05, 0.1) is 12.5 Å². The van der Waals surface area contributed by atoms with Crippen molar-refractivity contribution in [1.29, 1.82) is 0 Å². The smallest absolute Gasteiger partial charge is 0.308 e. The van der Waals surface area contributed by atoms with E-state index >= 15 is 0 Å². The third kappa shape index (κ3) is 6.23. The van der Waals surface area contributed by atoms with Crippen molar-refractivity contribution in [3.63, 3.8) is 0 Å². The zero-order valence-electron chi connectivity index (χ0n) is 13.5. The maximum Gasteiger partial charge on any atom is 0.308 e. The summed E-state index contributed by atoms with van der Waals surface area (Å²) in [5.41, 5.74) is 0.229. The maximum absolute atomic E-state index is 11.8. The van der Waals surface area contributed by atoms with Crippen molar-refractivity contribution >= 4 is 5.97 Å². The molecule has 1 N–H and O–H groups in total. The first-order valence-electron chi connectivity index (χ1n) is 7.87. The molecule has 2 atom stereocenters. The van der Waals surface area contributed by atoms with Gasteiger partial charge in [0, 0.05) is 26.3 Å². The summed E-state index contributed by atoms with van der Waals surface area (Å²) < 4.78 is 10.3. The predicted octanol–water partition coefficient (Wildman–Crippen LogP) is 2.76.